The number of H-pyrrole nitrogens is 1. The molecule has 1 heterocycles. The van der Waals surface area contributed by atoms with Crippen molar-refractivity contribution in [3.8, 4) is 0 Å². The van der Waals surface area contributed by atoms with Crippen LogP contribution in [0.2, 0.25) is 0 Å². The number of aromatic amines is 1. The fourth-order valence-corrected chi connectivity index (χ4v) is 3.26. The molecule has 1 aromatic rings. The van der Waals surface area contributed by atoms with Crippen molar-refractivity contribution in [1.29, 1.82) is 0 Å². The third-order valence-electron chi connectivity index (χ3n) is 4.57. The lowest BCUT2D eigenvalue weighted by atomic mass is 9.86. The average Bonchev–Trinajstić information content (AvgIpc) is 2.77. The summed E-state index contributed by atoms with van der Waals surface area (Å²) in [4.78, 5) is 27.6. The number of aryl methyl sites for hydroxylation is 1. The topological polar surface area (TPSA) is 71.2 Å². The van der Waals surface area contributed by atoms with Gasteiger partial charge in [0.25, 0.3) is 5.91 Å². The minimum absolute atomic E-state index is 0.130. The van der Waals surface area contributed by atoms with Gasteiger partial charge in [0, 0.05) is 11.7 Å². The van der Waals surface area contributed by atoms with Crippen molar-refractivity contribution in [2.45, 2.75) is 59.4 Å². The molecule has 1 aliphatic carbocycles. The molecule has 0 aromatic carbocycles. The quantitative estimate of drug-likeness (QED) is 0.840. The van der Waals surface area contributed by atoms with Crippen LogP contribution in [0.1, 0.15) is 71.6 Å². The Morgan fingerprint density at radius 1 is 1.27 bits per heavy atom. The van der Waals surface area contributed by atoms with Crippen LogP contribution in [-0.2, 0) is 4.74 Å². The van der Waals surface area contributed by atoms with Gasteiger partial charge < -0.3 is 15.0 Å². The number of carbonyl (C=O) groups excluding carboxylic acids is 2. The molecule has 0 spiro atoms. The second kappa shape index (κ2) is 6.99. The van der Waals surface area contributed by atoms with Crippen LogP contribution >= 0.6 is 0 Å². The van der Waals surface area contributed by atoms with E-state index in [1.807, 2.05) is 0 Å². The van der Waals surface area contributed by atoms with Crippen LogP contribution in [0.15, 0.2) is 0 Å². The van der Waals surface area contributed by atoms with Crippen LogP contribution in [0.4, 0.5) is 0 Å². The highest BCUT2D eigenvalue weighted by molar-refractivity contribution is 6.00. The molecule has 1 amide bonds. The molecule has 1 aromatic heterocycles. The molecule has 5 heteroatoms. The third-order valence-corrected chi connectivity index (χ3v) is 4.57. The summed E-state index contributed by atoms with van der Waals surface area (Å²) in [7, 11) is 0. The van der Waals surface area contributed by atoms with E-state index in [2.05, 4.69) is 17.2 Å². The Balaban J connectivity index is 2.16. The number of ether oxygens (including phenoxy) is 1. The summed E-state index contributed by atoms with van der Waals surface area (Å²) in [6.07, 6.45) is 4.57. The van der Waals surface area contributed by atoms with Gasteiger partial charge in [0.2, 0.25) is 0 Å². The van der Waals surface area contributed by atoms with Crippen molar-refractivity contribution in [2.24, 2.45) is 5.92 Å². The molecule has 1 saturated carbocycles. The molecular weight excluding hydrogens is 280 g/mol. The van der Waals surface area contributed by atoms with Gasteiger partial charge in [0.15, 0.2) is 0 Å². The SMILES string of the molecule is CCOC(=O)c1c(C)[nH]c(C(=O)NC2CCCCC2C)c1C. The first-order chi connectivity index (χ1) is 10.5. The van der Waals surface area contributed by atoms with Crippen LogP contribution in [0.25, 0.3) is 0 Å². The van der Waals surface area contributed by atoms with Crippen LogP contribution < -0.4 is 5.32 Å². The van der Waals surface area contributed by atoms with E-state index in [1.165, 1.54) is 6.42 Å². The number of aromatic nitrogens is 1. The third kappa shape index (κ3) is 3.34. The summed E-state index contributed by atoms with van der Waals surface area (Å²) in [6, 6.07) is 0.218. The van der Waals surface area contributed by atoms with E-state index in [4.69, 9.17) is 4.74 Å². The molecule has 1 fully saturated rings. The van der Waals surface area contributed by atoms with E-state index in [-0.39, 0.29) is 17.9 Å². The number of amides is 1. The minimum Gasteiger partial charge on any atom is -0.462 e. The van der Waals surface area contributed by atoms with E-state index in [1.54, 1.807) is 20.8 Å². The fraction of sp³-hybridized carbons (Fsp3) is 0.647. The maximum atomic E-state index is 12.5. The molecule has 2 unspecified atom stereocenters. The van der Waals surface area contributed by atoms with Gasteiger partial charge in [-0.1, -0.05) is 19.8 Å². The molecule has 0 bridgehead atoms. The summed E-state index contributed by atoms with van der Waals surface area (Å²) in [5.74, 6) is -0.00711. The van der Waals surface area contributed by atoms with E-state index in [0.717, 1.165) is 19.3 Å². The Morgan fingerprint density at radius 2 is 1.95 bits per heavy atom. The monoisotopic (exact) mass is 306 g/mol. The van der Waals surface area contributed by atoms with Crippen molar-refractivity contribution in [1.82, 2.24) is 10.3 Å². The highest BCUT2D eigenvalue weighted by Crippen LogP contribution is 2.25. The van der Waals surface area contributed by atoms with E-state index >= 15 is 0 Å². The van der Waals surface area contributed by atoms with E-state index < -0.39 is 0 Å². The number of hydrogen-bond acceptors (Lipinski definition) is 3. The normalized spacial score (nSPS) is 21.5. The van der Waals surface area contributed by atoms with Gasteiger partial charge in [-0.15, -0.1) is 0 Å². The van der Waals surface area contributed by atoms with Gasteiger partial charge in [-0.25, -0.2) is 4.79 Å². The first-order valence-corrected chi connectivity index (χ1v) is 8.12. The number of esters is 1. The summed E-state index contributed by atoms with van der Waals surface area (Å²) in [5.41, 5.74) is 2.29. The summed E-state index contributed by atoms with van der Waals surface area (Å²) < 4.78 is 5.06. The molecule has 2 N–H and O–H groups in total. The summed E-state index contributed by atoms with van der Waals surface area (Å²) in [6.45, 7) is 7.85. The fourth-order valence-electron chi connectivity index (χ4n) is 3.26. The zero-order valence-corrected chi connectivity index (χ0v) is 13.9. The molecule has 0 saturated heterocycles. The van der Waals surface area contributed by atoms with Crippen LogP contribution in [0.3, 0.4) is 0 Å². The molecule has 2 atom stereocenters. The first kappa shape index (κ1) is 16.6. The maximum absolute atomic E-state index is 12.5. The summed E-state index contributed by atoms with van der Waals surface area (Å²) in [5, 5.41) is 3.11. The van der Waals surface area contributed by atoms with Gasteiger partial charge in [-0.05, 0) is 45.1 Å². The predicted molar refractivity (Wildman–Crippen MR) is 85.1 cm³/mol. The van der Waals surface area contributed by atoms with Gasteiger partial charge >= 0.3 is 5.97 Å². The number of hydrogen-bond donors (Lipinski definition) is 2. The van der Waals surface area contributed by atoms with Gasteiger partial charge in [-0.3, -0.25) is 4.79 Å². The minimum atomic E-state index is -0.376. The maximum Gasteiger partial charge on any atom is 0.340 e. The highest BCUT2D eigenvalue weighted by Gasteiger charge is 2.27. The van der Waals surface area contributed by atoms with Crippen LogP contribution in [0.5, 0.6) is 0 Å². The number of nitrogens with one attached hydrogen (secondary N) is 2. The Morgan fingerprint density at radius 3 is 2.59 bits per heavy atom. The lowest BCUT2D eigenvalue weighted by molar-refractivity contribution is 0.0525. The molecule has 122 valence electrons. The van der Waals surface area contributed by atoms with E-state index in [0.29, 0.717) is 35.0 Å². The van der Waals surface area contributed by atoms with Crippen molar-refractivity contribution < 1.29 is 14.3 Å². The molecule has 1 aliphatic rings. The van der Waals surface area contributed by atoms with Gasteiger partial charge in [0.05, 0.1) is 12.2 Å². The average molecular weight is 306 g/mol. The molecule has 22 heavy (non-hydrogen) atoms. The molecule has 2 rings (SSSR count). The largest absolute Gasteiger partial charge is 0.462 e. The highest BCUT2D eigenvalue weighted by atomic mass is 16.5. The van der Waals surface area contributed by atoms with E-state index in [9.17, 15) is 9.59 Å². The van der Waals surface area contributed by atoms with Crippen molar-refractivity contribution in [3.05, 3.63) is 22.5 Å². The Kier molecular flexibility index (Phi) is 5.27. The molecule has 0 aliphatic heterocycles. The molecular formula is C17H26N2O3. The summed E-state index contributed by atoms with van der Waals surface area (Å²) >= 11 is 0. The van der Waals surface area contributed by atoms with Crippen molar-refractivity contribution in [3.63, 3.8) is 0 Å². The lowest BCUT2D eigenvalue weighted by Gasteiger charge is -2.29. The second-order valence-corrected chi connectivity index (χ2v) is 6.19. The Labute approximate surface area is 131 Å². The standard InChI is InChI=1S/C17H26N2O3/c1-5-22-17(21)14-11(3)15(18-12(14)4)16(20)19-13-9-7-6-8-10(13)2/h10,13,18H,5-9H2,1-4H3,(H,19,20). The van der Waals surface area contributed by atoms with Gasteiger partial charge in [-0.2, -0.15) is 0 Å². The zero-order chi connectivity index (χ0) is 16.3. The van der Waals surface area contributed by atoms with Crippen LogP contribution in [0, 0.1) is 19.8 Å². The van der Waals surface area contributed by atoms with Crippen molar-refractivity contribution in [2.75, 3.05) is 6.61 Å². The Hall–Kier alpha value is -1.78. The second-order valence-electron chi connectivity index (χ2n) is 6.19. The smallest absolute Gasteiger partial charge is 0.340 e. The molecule has 5 nitrogen and oxygen atoms in total. The number of rotatable bonds is 4. The predicted octanol–water partition coefficient (Wildman–Crippen LogP) is 3.12. The Bertz CT molecular complexity index is 562. The lowest BCUT2D eigenvalue weighted by Crippen LogP contribution is -2.41. The number of carbonyl (C=O) groups is 2. The zero-order valence-electron chi connectivity index (χ0n) is 13.9. The molecule has 0 radical (unpaired) electrons. The van der Waals surface area contributed by atoms with Crippen molar-refractivity contribution >= 4 is 11.9 Å². The first-order valence-electron chi connectivity index (χ1n) is 8.12. The van der Waals surface area contributed by atoms with Gasteiger partial charge in [0.1, 0.15) is 5.69 Å². The van der Waals surface area contributed by atoms with Crippen LogP contribution in [-0.4, -0.2) is 29.5 Å².